The second-order valence-corrected chi connectivity index (χ2v) is 11.2. The largest absolute Gasteiger partial charge is 0.382 e. The fourth-order valence-corrected chi connectivity index (χ4v) is 5.87. The van der Waals surface area contributed by atoms with Crippen LogP contribution in [0, 0.1) is 23.3 Å². The number of rotatable bonds is 8. The van der Waals surface area contributed by atoms with Crippen molar-refractivity contribution in [1.29, 1.82) is 0 Å². The number of nitrogens with zero attached hydrogens (tertiary/aromatic N) is 9. The molecule has 14 heteroatoms. The van der Waals surface area contributed by atoms with E-state index in [0.29, 0.717) is 60.2 Å². The lowest BCUT2D eigenvalue weighted by Crippen LogP contribution is -2.52. The van der Waals surface area contributed by atoms with Crippen molar-refractivity contribution in [3.8, 4) is 22.5 Å². The van der Waals surface area contributed by atoms with E-state index in [2.05, 4.69) is 20.2 Å². The number of pyridine rings is 1. The third kappa shape index (κ3) is 5.79. The molecule has 2 aromatic carbocycles. The Labute approximate surface area is 260 Å². The number of anilines is 1. The van der Waals surface area contributed by atoms with Gasteiger partial charge in [0, 0.05) is 56.1 Å². The highest BCUT2D eigenvalue weighted by atomic mass is 19.1. The summed E-state index contributed by atoms with van der Waals surface area (Å²) in [7, 11) is 0. The van der Waals surface area contributed by atoms with Crippen LogP contribution in [-0.2, 0) is 12.1 Å². The summed E-state index contributed by atoms with van der Waals surface area (Å²) < 4.78 is 59.3. The lowest BCUT2D eigenvalue weighted by molar-refractivity contribution is -0.0227. The summed E-state index contributed by atoms with van der Waals surface area (Å²) >= 11 is 0. The first-order valence-corrected chi connectivity index (χ1v) is 14.5. The molecule has 0 spiro atoms. The molecule has 6 aromatic rings. The van der Waals surface area contributed by atoms with Gasteiger partial charge in [-0.2, -0.15) is 10.2 Å². The number of piperazine rings is 1. The maximum Gasteiger partial charge on any atom is 0.225 e. The molecule has 0 saturated carbocycles. The molecule has 1 N–H and O–H groups in total. The highest BCUT2D eigenvalue weighted by Crippen LogP contribution is 2.35. The van der Waals surface area contributed by atoms with E-state index in [1.807, 2.05) is 9.80 Å². The number of aromatic nitrogens is 7. The Morgan fingerprint density at radius 3 is 2.33 bits per heavy atom. The summed E-state index contributed by atoms with van der Waals surface area (Å²) in [4.78, 5) is 17.3. The fourth-order valence-electron chi connectivity index (χ4n) is 5.87. The second-order valence-electron chi connectivity index (χ2n) is 11.2. The molecular weight excluding hydrogens is 602 g/mol. The molecule has 10 nitrogen and oxygen atoms in total. The lowest BCUT2D eigenvalue weighted by Gasteiger charge is -2.39. The molecular formula is C32H27F4N9O. The van der Waals surface area contributed by atoms with Crippen molar-refractivity contribution in [2.45, 2.75) is 12.1 Å². The van der Waals surface area contributed by atoms with Gasteiger partial charge < -0.3 is 10.0 Å². The van der Waals surface area contributed by atoms with Crippen molar-refractivity contribution in [3.05, 3.63) is 115 Å². The maximum atomic E-state index is 14.9. The number of halogens is 4. The van der Waals surface area contributed by atoms with Crippen LogP contribution in [0.15, 0.2) is 85.7 Å². The minimum Gasteiger partial charge on any atom is -0.382 e. The van der Waals surface area contributed by atoms with Crippen molar-refractivity contribution < 1.29 is 22.7 Å². The van der Waals surface area contributed by atoms with Gasteiger partial charge >= 0.3 is 0 Å². The van der Waals surface area contributed by atoms with Crippen molar-refractivity contribution in [1.82, 2.24) is 39.2 Å². The van der Waals surface area contributed by atoms with E-state index in [1.165, 1.54) is 52.3 Å². The summed E-state index contributed by atoms with van der Waals surface area (Å²) in [5.41, 5.74) is 1.23. The predicted molar refractivity (Wildman–Crippen MR) is 160 cm³/mol. The van der Waals surface area contributed by atoms with Crippen LogP contribution >= 0.6 is 0 Å². The number of benzene rings is 2. The zero-order valence-corrected chi connectivity index (χ0v) is 24.3. The molecule has 0 aliphatic carbocycles. The second kappa shape index (κ2) is 11.9. The molecule has 1 atom stereocenters. The average Bonchev–Trinajstić information content (AvgIpc) is 3.69. The van der Waals surface area contributed by atoms with Crippen LogP contribution in [-0.4, -0.2) is 77.1 Å². The number of β-amino-alcohol motifs (C(OH)–C–C–N with tert-alkyl or cyclic N) is 1. The number of fused-ring (bicyclic) bond motifs is 1. The van der Waals surface area contributed by atoms with Crippen LogP contribution in [0.3, 0.4) is 0 Å². The van der Waals surface area contributed by atoms with Crippen molar-refractivity contribution in [2.24, 2.45) is 0 Å². The summed E-state index contributed by atoms with van der Waals surface area (Å²) in [5, 5.41) is 20.4. The van der Waals surface area contributed by atoms with Crippen LogP contribution in [0.1, 0.15) is 5.56 Å². The molecule has 0 bridgehead atoms. The summed E-state index contributed by atoms with van der Waals surface area (Å²) in [6.45, 7) is 1.96. The molecule has 234 valence electrons. The van der Waals surface area contributed by atoms with Crippen LogP contribution in [0.4, 0.5) is 23.5 Å². The first kappa shape index (κ1) is 29.5. The summed E-state index contributed by atoms with van der Waals surface area (Å²) in [6, 6.07) is 13.7. The maximum absolute atomic E-state index is 14.9. The molecule has 0 radical (unpaired) electrons. The SMILES string of the molecule is O[C@](CN1CCN(c2nccc(-c3c(-c4ccc(F)cc4)nn4cc(F)ccc34)n2)CC1)(Cn1cncn1)c1ccc(F)cc1F. The molecule has 4 aromatic heterocycles. The lowest BCUT2D eigenvalue weighted by atomic mass is 9.92. The molecule has 7 rings (SSSR count). The van der Waals surface area contributed by atoms with Gasteiger partial charge in [0.25, 0.3) is 0 Å². The standard InChI is InChI=1S/C32H27F4N9O/c33-22-3-1-21(2-4-22)30-29(28-8-6-24(35)16-45(28)41-30)27-9-10-38-31(40-27)43-13-11-42(12-14-43)17-32(46,18-44-20-37-19-39-44)25-7-5-23(34)15-26(25)36/h1-10,15-16,19-20,46H,11-14,17-18H2/t32-/m1/s1. The molecule has 1 aliphatic heterocycles. The van der Waals surface area contributed by atoms with E-state index in [0.717, 1.165) is 12.1 Å². The van der Waals surface area contributed by atoms with Crippen molar-refractivity contribution in [3.63, 3.8) is 0 Å². The van der Waals surface area contributed by atoms with Gasteiger partial charge in [0.05, 0.1) is 29.5 Å². The zero-order valence-electron chi connectivity index (χ0n) is 24.3. The van der Waals surface area contributed by atoms with Gasteiger partial charge in [-0.3, -0.25) is 4.90 Å². The molecule has 5 heterocycles. The smallest absolute Gasteiger partial charge is 0.225 e. The Kier molecular flexibility index (Phi) is 7.66. The Hall–Kier alpha value is -5.21. The highest BCUT2D eigenvalue weighted by molar-refractivity contribution is 5.90. The highest BCUT2D eigenvalue weighted by Gasteiger charge is 2.36. The van der Waals surface area contributed by atoms with Crippen LogP contribution in [0.5, 0.6) is 0 Å². The van der Waals surface area contributed by atoms with E-state index in [9.17, 15) is 22.7 Å². The van der Waals surface area contributed by atoms with Crippen LogP contribution in [0.25, 0.3) is 28.0 Å². The van der Waals surface area contributed by atoms with Crippen LogP contribution in [0.2, 0.25) is 0 Å². The van der Waals surface area contributed by atoms with E-state index < -0.39 is 23.1 Å². The van der Waals surface area contributed by atoms with Crippen LogP contribution < -0.4 is 4.90 Å². The molecule has 46 heavy (non-hydrogen) atoms. The fraction of sp³-hybridized carbons (Fsp3) is 0.219. The van der Waals surface area contributed by atoms with Gasteiger partial charge in [-0.25, -0.2) is 41.7 Å². The Morgan fingerprint density at radius 2 is 1.59 bits per heavy atom. The van der Waals surface area contributed by atoms with Gasteiger partial charge in [0.1, 0.15) is 47.2 Å². The topological polar surface area (TPSA) is 100 Å². The van der Waals surface area contributed by atoms with Gasteiger partial charge in [-0.1, -0.05) is 6.07 Å². The van der Waals surface area contributed by atoms with Gasteiger partial charge in [0.15, 0.2) is 0 Å². The third-order valence-corrected chi connectivity index (χ3v) is 8.07. The number of aliphatic hydroxyl groups is 1. The summed E-state index contributed by atoms with van der Waals surface area (Å²) in [5.74, 6) is -1.96. The molecule has 1 fully saturated rings. The number of hydrogen-bond acceptors (Lipinski definition) is 8. The predicted octanol–water partition coefficient (Wildman–Crippen LogP) is 4.32. The first-order chi connectivity index (χ1) is 22.3. The molecule has 0 amide bonds. The average molecular weight is 630 g/mol. The first-order valence-electron chi connectivity index (χ1n) is 14.5. The van der Waals surface area contributed by atoms with Crippen molar-refractivity contribution in [2.75, 3.05) is 37.6 Å². The molecule has 0 unspecified atom stereocenters. The van der Waals surface area contributed by atoms with Gasteiger partial charge in [0.2, 0.25) is 5.95 Å². The normalized spacial score (nSPS) is 15.4. The van der Waals surface area contributed by atoms with Gasteiger partial charge in [-0.05, 0) is 48.5 Å². The molecule has 1 saturated heterocycles. The van der Waals surface area contributed by atoms with E-state index in [4.69, 9.17) is 4.98 Å². The number of hydrogen-bond donors (Lipinski definition) is 1. The Morgan fingerprint density at radius 1 is 0.826 bits per heavy atom. The Bertz CT molecular complexity index is 1990. The molecule has 1 aliphatic rings. The van der Waals surface area contributed by atoms with Crippen molar-refractivity contribution >= 4 is 11.5 Å². The monoisotopic (exact) mass is 629 g/mol. The summed E-state index contributed by atoms with van der Waals surface area (Å²) in [6.07, 6.45) is 5.66. The zero-order chi connectivity index (χ0) is 31.8. The Balaban J connectivity index is 1.14. The quantitative estimate of drug-likeness (QED) is 0.249. The van der Waals surface area contributed by atoms with E-state index >= 15 is 0 Å². The minimum absolute atomic E-state index is 0.0342. The van der Waals surface area contributed by atoms with Gasteiger partial charge in [-0.15, -0.1) is 0 Å². The van der Waals surface area contributed by atoms with E-state index in [1.54, 1.807) is 30.5 Å². The third-order valence-electron chi connectivity index (χ3n) is 8.07. The minimum atomic E-state index is -1.72. The van der Waals surface area contributed by atoms with E-state index in [-0.39, 0.29) is 24.5 Å².